The maximum absolute atomic E-state index is 12.8. The first-order valence-corrected chi connectivity index (χ1v) is 6.74. The van der Waals surface area contributed by atoms with Crippen molar-refractivity contribution in [3.63, 3.8) is 0 Å². The Kier molecular flexibility index (Phi) is 4.81. The van der Waals surface area contributed by atoms with E-state index in [2.05, 4.69) is 21.2 Å². The molecule has 1 N–H and O–H groups in total. The lowest BCUT2D eigenvalue weighted by molar-refractivity contribution is -0.386. The van der Waals surface area contributed by atoms with Crippen molar-refractivity contribution >= 4 is 21.6 Å². The lowest BCUT2D eigenvalue weighted by Crippen LogP contribution is -2.14. The summed E-state index contributed by atoms with van der Waals surface area (Å²) in [6, 6.07) is 11.2. The largest absolute Gasteiger partial charge is 0.308 e. The van der Waals surface area contributed by atoms with E-state index in [-0.39, 0.29) is 11.5 Å². The van der Waals surface area contributed by atoms with Crippen molar-refractivity contribution in [2.24, 2.45) is 0 Å². The summed E-state index contributed by atoms with van der Waals surface area (Å²) >= 11 is 3.18. The molecule has 0 fully saturated rings. The topological polar surface area (TPSA) is 55.2 Å². The molecule has 0 atom stereocenters. The Morgan fingerprint density at radius 1 is 1.15 bits per heavy atom. The molecule has 2 rings (SSSR count). The van der Waals surface area contributed by atoms with Crippen LogP contribution >= 0.6 is 15.9 Å². The molecule has 0 heterocycles. The number of nitrogens with zero attached hydrogens (tertiary/aromatic N) is 1. The second-order valence-corrected chi connectivity index (χ2v) is 5.09. The van der Waals surface area contributed by atoms with Crippen molar-refractivity contribution in [3.05, 3.63) is 74.0 Å². The number of hydrogen-bond donors (Lipinski definition) is 1. The van der Waals surface area contributed by atoms with Gasteiger partial charge in [0, 0.05) is 18.7 Å². The van der Waals surface area contributed by atoms with E-state index in [1.807, 2.05) is 0 Å². The number of halogens is 2. The van der Waals surface area contributed by atoms with Crippen LogP contribution in [0.4, 0.5) is 10.1 Å². The number of nitro groups is 1. The predicted octanol–water partition coefficient (Wildman–Crippen LogP) is 3.79. The van der Waals surface area contributed by atoms with Crippen LogP contribution in [0.1, 0.15) is 11.1 Å². The maximum atomic E-state index is 12.8. The number of nitrogens with one attached hydrogen (secondary N) is 1. The molecule has 0 saturated heterocycles. The zero-order chi connectivity index (χ0) is 14.5. The summed E-state index contributed by atoms with van der Waals surface area (Å²) in [4.78, 5) is 10.6. The molecule has 6 heteroatoms. The van der Waals surface area contributed by atoms with Crippen molar-refractivity contribution in [1.29, 1.82) is 0 Å². The molecular formula is C14H12BrFN2O2. The third kappa shape index (κ3) is 3.61. The summed E-state index contributed by atoms with van der Waals surface area (Å²) < 4.78 is 13.2. The fourth-order valence-corrected chi connectivity index (χ4v) is 2.40. The van der Waals surface area contributed by atoms with Gasteiger partial charge in [-0.25, -0.2) is 4.39 Å². The van der Waals surface area contributed by atoms with Crippen molar-refractivity contribution in [2.75, 3.05) is 0 Å². The van der Waals surface area contributed by atoms with Gasteiger partial charge in [-0.05, 0) is 39.7 Å². The van der Waals surface area contributed by atoms with Crippen molar-refractivity contribution < 1.29 is 9.31 Å². The fraction of sp³-hybridized carbons (Fsp3) is 0.143. The summed E-state index contributed by atoms with van der Waals surface area (Å²) in [5.74, 6) is -0.281. The quantitative estimate of drug-likeness (QED) is 0.666. The van der Waals surface area contributed by atoms with E-state index in [0.717, 1.165) is 5.56 Å². The maximum Gasteiger partial charge on any atom is 0.287 e. The van der Waals surface area contributed by atoms with Gasteiger partial charge in [-0.15, -0.1) is 0 Å². The number of nitro benzene ring substituents is 1. The zero-order valence-corrected chi connectivity index (χ0v) is 12.1. The molecule has 0 spiro atoms. The van der Waals surface area contributed by atoms with Gasteiger partial charge in [-0.1, -0.05) is 24.3 Å². The van der Waals surface area contributed by atoms with Gasteiger partial charge < -0.3 is 5.32 Å². The first-order valence-electron chi connectivity index (χ1n) is 5.95. The van der Waals surface area contributed by atoms with Gasteiger partial charge in [0.15, 0.2) is 0 Å². The van der Waals surface area contributed by atoms with Gasteiger partial charge in [-0.2, -0.15) is 0 Å². The molecular weight excluding hydrogens is 327 g/mol. The molecule has 0 aliphatic heterocycles. The van der Waals surface area contributed by atoms with E-state index in [1.165, 1.54) is 12.1 Å². The highest BCUT2D eigenvalue weighted by atomic mass is 79.9. The molecule has 2 aromatic carbocycles. The van der Waals surface area contributed by atoms with Gasteiger partial charge in [0.2, 0.25) is 0 Å². The van der Waals surface area contributed by atoms with E-state index in [1.54, 1.807) is 30.3 Å². The molecule has 0 amide bonds. The second kappa shape index (κ2) is 6.58. The minimum Gasteiger partial charge on any atom is -0.308 e. The van der Waals surface area contributed by atoms with Crippen molar-refractivity contribution in [2.45, 2.75) is 13.1 Å². The Balaban J connectivity index is 2.02. The molecule has 0 unspecified atom stereocenters. The minimum atomic E-state index is -0.404. The number of para-hydroxylation sites is 1. The first kappa shape index (κ1) is 14.6. The Labute approximate surface area is 123 Å². The van der Waals surface area contributed by atoms with Crippen molar-refractivity contribution in [1.82, 2.24) is 5.32 Å². The minimum absolute atomic E-state index is 0.0686. The third-order valence-corrected chi connectivity index (χ3v) is 3.45. The Hall–Kier alpha value is -1.79. The molecule has 0 aliphatic rings. The van der Waals surface area contributed by atoms with Crippen molar-refractivity contribution in [3.8, 4) is 0 Å². The van der Waals surface area contributed by atoms with E-state index in [0.29, 0.717) is 23.1 Å². The summed E-state index contributed by atoms with van der Waals surface area (Å²) in [6.45, 7) is 0.886. The van der Waals surface area contributed by atoms with Gasteiger partial charge in [-0.3, -0.25) is 10.1 Å². The Bertz CT molecular complexity index is 617. The standard InChI is InChI=1S/C14H12BrFN2O2/c15-13-3-1-2-11(14(13)18(19)20)9-17-8-10-4-6-12(16)7-5-10/h1-7,17H,8-9H2. The van der Waals surface area contributed by atoms with Gasteiger partial charge in [0.1, 0.15) is 5.82 Å². The van der Waals surface area contributed by atoms with Crippen LogP contribution in [0, 0.1) is 15.9 Å². The lowest BCUT2D eigenvalue weighted by Gasteiger charge is -2.07. The smallest absolute Gasteiger partial charge is 0.287 e. The third-order valence-electron chi connectivity index (χ3n) is 2.81. The summed E-state index contributed by atoms with van der Waals surface area (Å²) in [5, 5.41) is 14.1. The number of benzene rings is 2. The highest BCUT2D eigenvalue weighted by molar-refractivity contribution is 9.10. The second-order valence-electron chi connectivity index (χ2n) is 4.23. The van der Waals surface area contributed by atoms with Crippen LogP contribution in [0.3, 0.4) is 0 Å². The summed E-state index contributed by atoms with van der Waals surface area (Å²) in [7, 11) is 0. The van der Waals surface area contributed by atoms with Crippen LogP contribution in [0.5, 0.6) is 0 Å². The molecule has 0 radical (unpaired) electrons. The van der Waals surface area contributed by atoms with Gasteiger partial charge in [0.25, 0.3) is 5.69 Å². The van der Waals surface area contributed by atoms with Crippen LogP contribution in [0.2, 0.25) is 0 Å². The van der Waals surface area contributed by atoms with Crippen LogP contribution in [0.25, 0.3) is 0 Å². The highest BCUT2D eigenvalue weighted by Gasteiger charge is 2.17. The van der Waals surface area contributed by atoms with Crippen LogP contribution in [-0.4, -0.2) is 4.92 Å². The van der Waals surface area contributed by atoms with E-state index >= 15 is 0 Å². The normalized spacial score (nSPS) is 10.5. The fourth-order valence-electron chi connectivity index (χ4n) is 1.85. The number of hydrogen-bond acceptors (Lipinski definition) is 3. The molecule has 0 aliphatic carbocycles. The lowest BCUT2D eigenvalue weighted by atomic mass is 10.1. The molecule has 0 aromatic heterocycles. The Morgan fingerprint density at radius 2 is 1.85 bits per heavy atom. The number of rotatable bonds is 5. The van der Waals surface area contributed by atoms with Gasteiger partial charge in [0.05, 0.1) is 9.40 Å². The highest BCUT2D eigenvalue weighted by Crippen LogP contribution is 2.28. The zero-order valence-electron chi connectivity index (χ0n) is 10.5. The van der Waals surface area contributed by atoms with Crippen LogP contribution in [0.15, 0.2) is 46.9 Å². The Morgan fingerprint density at radius 3 is 2.50 bits per heavy atom. The van der Waals surface area contributed by atoms with Crippen LogP contribution < -0.4 is 5.32 Å². The monoisotopic (exact) mass is 338 g/mol. The molecule has 0 bridgehead atoms. The molecule has 104 valence electrons. The SMILES string of the molecule is O=[N+]([O-])c1c(Br)cccc1CNCc1ccc(F)cc1. The average molecular weight is 339 g/mol. The first-order chi connectivity index (χ1) is 9.58. The molecule has 20 heavy (non-hydrogen) atoms. The molecule has 2 aromatic rings. The molecule has 4 nitrogen and oxygen atoms in total. The van der Waals surface area contributed by atoms with E-state index in [4.69, 9.17) is 0 Å². The summed E-state index contributed by atoms with van der Waals surface area (Å²) in [5.41, 5.74) is 1.59. The van der Waals surface area contributed by atoms with E-state index < -0.39 is 4.92 Å². The van der Waals surface area contributed by atoms with Gasteiger partial charge >= 0.3 is 0 Å². The van der Waals surface area contributed by atoms with Crippen LogP contribution in [-0.2, 0) is 13.1 Å². The summed E-state index contributed by atoms with van der Waals surface area (Å²) in [6.07, 6.45) is 0. The van der Waals surface area contributed by atoms with E-state index in [9.17, 15) is 14.5 Å². The molecule has 0 saturated carbocycles. The average Bonchev–Trinajstić information content (AvgIpc) is 2.40. The predicted molar refractivity (Wildman–Crippen MR) is 77.7 cm³/mol.